The zero-order valence-corrected chi connectivity index (χ0v) is 13.9. The van der Waals surface area contributed by atoms with Crippen LogP contribution >= 0.6 is 0 Å². The zero-order chi connectivity index (χ0) is 16.9. The van der Waals surface area contributed by atoms with Crippen LogP contribution in [0.3, 0.4) is 0 Å². The highest BCUT2D eigenvalue weighted by Crippen LogP contribution is 2.24. The summed E-state index contributed by atoms with van der Waals surface area (Å²) in [6, 6.07) is 7.37. The molecule has 1 aromatic rings. The molecule has 2 aliphatic heterocycles. The van der Waals surface area contributed by atoms with Gasteiger partial charge in [0.15, 0.2) is 6.61 Å². The van der Waals surface area contributed by atoms with Crippen LogP contribution in [0.4, 0.5) is 5.69 Å². The molecule has 0 unspecified atom stereocenters. The molecule has 2 heterocycles. The average Bonchev–Trinajstić information content (AvgIpc) is 3.06. The van der Waals surface area contributed by atoms with Crippen molar-refractivity contribution in [1.29, 1.82) is 0 Å². The third kappa shape index (κ3) is 3.87. The number of nitrogens with zero attached hydrogens (tertiary/aromatic N) is 2. The second kappa shape index (κ2) is 7.66. The summed E-state index contributed by atoms with van der Waals surface area (Å²) < 4.78 is 5.60. The molecule has 6 heteroatoms. The van der Waals surface area contributed by atoms with E-state index in [-0.39, 0.29) is 18.4 Å². The molecule has 2 fully saturated rings. The molecule has 0 spiro atoms. The van der Waals surface area contributed by atoms with Crippen molar-refractivity contribution >= 4 is 17.5 Å². The molecule has 24 heavy (non-hydrogen) atoms. The quantitative estimate of drug-likeness (QED) is 0.885. The fourth-order valence-corrected chi connectivity index (χ4v) is 3.30. The zero-order valence-electron chi connectivity index (χ0n) is 13.9. The Hall–Kier alpha value is -2.08. The number of nitrogens with two attached hydrogens (primary N) is 1. The van der Waals surface area contributed by atoms with Crippen LogP contribution in [-0.4, -0.2) is 49.5 Å². The summed E-state index contributed by atoms with van der Waals surface area (Å²) in [6.45, 7) is 3.05. The Bertz CT molecular complexity index is 580. The number of benzene rings is 1. The van der Waals surface area contributed by atoms with Crippen molar-refractivity contribution in [1.82, 2.24) is 4.90 Å². The summed E-state index contributed by atoms with van der Waals surface area (Å²) in [4.78, 5) is 27.6. The van der Waals surface area contributed by atoms with Gasteiger partial charge in [-0.15, -0.1) is 0 Å². The van der Waals surface area contributed by atoms with Gasteiger partial charge in [0, 0.05) is 31.7 Å². The predicted molar refractivity (Wildman–Crippen MR) is 91.9 cm³/mol. The van der Waals surface area contributed by atoms with Gasteiger partial charge in [-0.1, -0.05) is 0 Å². The Kier molecular flexibility index (Phi) is 5.35. The molecule has 0 saturated carbocycles. The number of anilines is 1. The molecular formula is C18H25N3O3. The molecule has 130 valence electrons. The van der Waals surface area contributed by atoms with Gasteiger partial charge in [-0.3, -0.25) is 9.59 Å². The second-order valence-electron chi connectivity index (χ2n) is 6.49. The molecule has 0 atom stereocenters. The highest BCUT2D eigenvalue weighted by Gasteiger charge is 2.23. The van der Waals surface area contributed by atoms with Gasteiger partial charge >= 0.3 is 0 Å². The van der Waals surface area contributed by atoms with Crippen LogP contribution < -0.4 is 15.4 Å². The number of piperidine rings is 1. The molecule has 1 aromatic carbocycles. The summed E-state index contributed by atoms with van der Waals surface area (Å²) in [5, 5.41) is 0. The summed E-state index contributed by atoms with van der Waals surface area (Å²) >= 11 is 0. The Morgan fingerprint density at radius 3 is 2.46 bits per heavy atom. The van der Waals surface area contributed by atoms with E-state index < -0.39 is 0 Å². The molecular weight excluding hydrogens is 306 g/mol. The van der Waals surface area contributed by atoms with Gasteiger partial charge in [0.05, 0.1) is 0 Å². The van der Waals surface area contributed by atoms with Crippen LogP contribution in [0.2, 0.25) is 0 Å². The number of amides is 2. The van der Waals surface area contributed by atoms with Crippen molar-refractivity contribution in [3.05, 3.63) is 24.3 Å². The molecule has 2 amide bonds. The maximum absolute atomic E-state index is 12.2. The number of likely N-dealkylation sites (tertiary alicyclic amines) is 1. The van der Waals surface area contributed by atoms with Crippen LogP contribution in [-0.2, 0) is 9.59 Å². The Morgan fingerprint density at radius 2 is 1.88 bits per heavy atom. The maximum Gasteiger partial charge on any atom is 0.260 e. The lowest BCUT2D eigenvalue weighted by Crippen LogP contribution is -2.42. The van der Waals surface area contributed by atoms with E-state index in [2.05, 4.69) is 0 Å². The first kappa shape index (κ1) is 16.8. The molecule has 2 aliphatic rings. The SMILES string of the molecule is NCC1CCN(C(=O)COc2ccc(N3CCCC3=O)cc2)CC1. The first-order valence-electron chi connectivity index (χ1n) is 8.68. The van der Waals surface area contributed by atoms with Crippen LogP contribution in [0.25, 0.3) is 0 Å². The van der Waals surface area contributed by atoms with E-state index in [4.69, 9.17) is 10.5 Å². The van der Waals surface area contributed by atoms with E-state index in [1.807, 2.05) is 29.2 Å². The molecule has 0 aromatic heterocycles. The van der Waals surface area contributed by atoms with Crippen LogP contribution in [0, 0.1) is 5.92 Å². The molecule has 0 bridgehead atoms. The molecule has 2 saturated heterocycles. The minimum absolute atomic E-state index is 0.0178. The highest BCUT2D eigenvalue weighted by molar-refractivity contribution is 5.95. The van der Waals surface area contributed by atoms with Crippen molar-refractivity contribution in [2.75, 3.05) is 37.7 Å². The van der Waals surface area contributed by atoms with E-state index >= 15 is 0 Å². The fraction of sp³-hybridized carbons (Fsp3) is 0.556. The van der Waals surface area contributed by atoms with Gasteiger partial charge in [0.1, 0.15) is 5.75 Å². The third-order valence-electron chi connectivity index (χ3n) is 4.88. The van der Waals surface area contributed by atoms with Gasteiger partial charge < -0.3 is 20.3 Å². The minimum atomic E-state index is 0.0178. The van der Waals surface area contributed by atoms with E-state index in [0.29, 0.717) is 24.6 Å². The first-order chi connectivity index (χ1) is 11.7. The van der Waals surface area contributed by atoms with Crippen LogP contribution in [0.1, 0.15) is 25.7 Å². The third-order valence-corrected chi connectivity index (χ3v) is 4.88. The summed E-state index contributed by atoms with van der Waals surface area (Å²) in [7, 11) is 0. The van der Waals surface area contributed by atoms with Crippen molar-refractivity contribution in [2.45, 2.75) is 25.7 Å². The normalized spacial score (nSPS) is 19.0. The van der Waals surface area contributed by atoms with Crippen molar-refractivity contribution in [3.63, 3.8) is 0 Å². The van der Waals surface area contributed by atoms with Gasteiger partial charge in [-0.25, -0.2) is 0 Å². The molecule has 2 N–H and O–H groups in total. The summed E-state index contributed by atoms with van der Waals surface area (Å²) in [5.74, 6) is 1.37. The standard InChI is InChI=1S/C18H25N3O3/c19-12-14-7-10-20(11-8-14)18(23)13-24-16-5-3-15(4-6-16)21-9-1-2-17(21)22/h3-6,14H,1-2,7-13,19H2. The lowest BCUT2D eigenvalue weighted by molar-refractivity contribution is -0.134. The Morgan fingerprint density at radius 1 is 1.17 bits per heavy atom. The number of ether oxygens (including phenoxy) is 1. The molecule has 0 aliphatic carbocycles. The Labute approximate surface area is 142 Å². The van der Waals surface area contributed by atoms with Crippen molar-refractivity contribution < 1.29 is 14.3 Å². The van der Waals surface area contributed by atoms with Crippen LogP contribution in [0.5, 0.6) is 5.75 Å². The number of hydrogen-bond donors (Lipinski definition) is 1. The maximum atomic E-state index is 12.2. The average molecular weight is 331 g/mol. The predicted octanol–water partition coefficient (Wildman–Crippen LogP) is 1.39. The monoisotopic (exact) mass is 331 g/mol. The lowest BCUT2D eigenvalue weighted by atomic mass is 9.97. The van der Waals surface area contributed by atoms with E-state index in [0.717, 1.165) is 44.6 Å². The number of rotatable bonds is 5. The number of carbonyl (C=O) groups is 2. The largest absolute Gasteiger partial charge is 0.484 e. The molecule has 0 radical (unpaired) electrons. The number of hydrogen-bond acceptors (Lipinski definition) is 4. The summed E-state index contributed by atoms with van der Waals surface area (Å²) in [6.07, 6.45) is 3.47. The smallest absolute Gasteiger partial charge is 0.260 e. The number of carbonyl (C=O) groups excluding carboxylic acids is 2. The van der Waals surface area contributed by atoms with Gasteiger partial charge in [-0.2, -0.15) is 0 Å². The van der Waals surface area contributed by atoms with Crippen LogP contribution in [0.15, 0.2) is 24.3 Å². The second-order valence-corrected chi connectivity index (χ2v) is 6.49. The lowest BCUT2D eigenvalue weighted by Gasteiger charge is -2.31. The van der Waals surface area contributed by atoms with Crippen molar-refractivity contribution in [2.24, 2.45) is 11.7 Å². The first-order valence-corrected chi connectivity index (χ1v) is 8.68. The molecule has 3 rings (SSSR count). The topological polar surface area (TPSA) is 75.9 Å². The minimum Gasteiger partial charge on any atom is -0.484 e. The van der Waals surface area contributed by atoms with E-state index in [9.17, 15) is 9.59 Å². The highest BCUT2D eigenvalue weighted by atomic mass is 16.5. The summed E-state index contributed by atoms with van der Waals surface area (Å²) in [5.41, 5.74) is 6.56. The van der Waals surface area contributed by atoms with E-state index in [1.165, 1.54) is 0 Å². The van der Waals surface area contributed by atoms with Gasteiger partial charge in [-0.05, 0) is 56.0 Å². The van der Waals surface area contributed by atoms with Gasteiger partial charge in [0.2, 0.25) is 5.91 Å². The Balaban J connectivity index is 1.48. The van der Waals surface area contributed by atoms with Crippen molar-refractivity contribution in [3.8, 4) is 5.75 Å². The molecule has 6 nitrogen and oxygen atoms in total. The van der Waals surface area contributed by atoms with Gasteiger partial charge in [0.25, 0.3) is 5.91 Å². The van der Waals surface area contributed by atoms with E-state index in [1.54, 1.807) is 4.90 Å². The fourth-order valence-electron chi connectivity index (χ4n) is 3.30.